The van der Waals surface area contributed by atoms with Crippen LogP contribution in [0, 0.1) is 5.92 Å². The molecule has 4 unspecified atom stereocenters. The zero-order valence-electron chi connectivity index (χ0n) is 16.7. The molecule has 0 aromatic carbocycles. The Morgan fingerprint density at radius 3 is 1.31 bits per heavy atom. The lowest BCUT2D eigenvalue weighted by molar-refractivity contribution is -0.342. The van der Waals surface area contributed by atoms with Crippen LogP contribution in [0.15, 0.2) is 0 Å². The van der Waals surface area contributed by atoms with Crippen molar-refractivity contribution in [2.75, 3.05) is 52.0 Å². The second-order valence-corrected chi connectivity index (χ2v) is 11.4. The Labute approximate surface area is 190 Å². The molecule has 0 saturated heterocycles. The van der Waals surface area contributed by atoms with Gasteiger partial charge in [0.2, 0.25) is 0 Å². The van der Waals surface area contributed by atoms with Crippen molar-refractivity contribution in [1.82, 2.24) is 0 Å². The topological polar surface area (TPSA) is 248 Å². The molecule has 0 spiro atoms. The Hall–Kier alpha value is 0.790. The molecule has 0 aliphatic rings. The monoisotopic (exact) mass is 567 g/mol. The van der Waals surface area contributed by atoms with Crippen LogP contribution in [0.1, 0.15) is 13.3 Å². The SMILES string of the molecule is CCC(COP(=O)([O-])[O-])COP(=O)([O-])OCCOP(=O)([O-])OCCOP(=O)([O-])OCCS. The summed E-state index contributed by atoms with van der Waals surface area (Å²) >= 11 is 3.73. The molecule has 0 aliphatic heterocycles. The van der Waals surface area contributed by atoms with Gasteiger partial charge in [0.25, 0.3) is 23.5 Å². The van der Waals surface area contributed by atoms with E-state index in [-0.39, 0.29) is 18.8 Å². The summed E-state index contributed by atoms with van der Waals surface area (Å²) in [5.41, 5.74) is 0. The summed E-state index contributed by atoms with van der Waals surface area (Å²) in [6, 6.07) is 0. The number of rotatable bonds is 20. The summed E-state index contributed by atoms with van der Waals surface area (Å²) in [7, 11) is -19.7. The zero-order chi connectivity index (χ0) is 24.9. The van der Waals surface area contributed by atoms with E-state index in [1.807, 2.05) is 0 Å². The van der Waals surface area contributed by atoms with Gasteiger partial charge >= 0.3 is 0 Å². The van der Waals surface area contributed by atoms with E-state index in [9.17, 15) is 42.7 Å². The van der Waals surface area contributed by atoms with Crippen LogP contribution in [0.2, 0.25) is 0 Å². The maximum Gasteiger partial charge on any atom is 0.268 e. The van der Waals surface area contributed by atoms with Crippen molar-refractivity contribution < 1.29 is 74.4 Å². The minimum absolute atomic E-state index is 0.110. The van der Waals surface area contributed by atoms with E-state index in [0.717, 1.165) is 0 Å². The first-order chi connectivity index (χ1) is 14.6. The van der Waals surface area contributed by atoms with Gasteiger partial charge in [-0.05, 0) is 6.42 Å². The summed E-state index contributed by atoms with van der Waals surface area (Å²) < 4.78 is 74.9. The highest BCUT2D eigenvalue weighted by molar-refractivity contribution is 7.80. The molecule has 0 amide bonds. The third kappa shape index (κ3) is 19.1. The molecule has 0 aromatic rings. The molecule has 194 valence electrons. The van der Waals surface area contributed by atoms with Gasteiger partial charge in [-0.2, -0.15) is 12.6 Å². The number of phosphoric ester groups is 4. The maximum atomic E-state index is 11.6. The molecule has 0 rings (SSSR count). The molecule has 0 aliphatic carbocycles. The molecule has 0 saturated carbocycles. The van der Waals surface area contributed by atoms with Crippen molar-refractivity contribution in [3.05, 3.63) is 0 Å². The van der Waals surface area contributed by atoms with Crippen molar-refractivity contribution in [3.63, 3.8) is 0 Å². The molecule has 0 N–H and O–H groups in total. The zero-order valence-corrected chi connectivity index (χ0v) is 21.2. The highest BCUT2D eigenvalue weighted by Crippen LogP contribution is 2.42. The molecule has 21 heteroatoms. The Bertz CT molecular complexity index is 714. The minimum atomic E-state index is -5.22. The van der Waals surface area contributed by atoms with E-state index in [1.165, 1.54) is 0 Å². The molecule has 16 nitrogen and oxygen atoms in total. The molecular weight excluding hydrogens is 544 g/mol. The van der Waals surface area contributed by atoms with Gasteiger partial charge < -0.3 is 60.7 Å². The van der Waals surface area contributed by atoms with Gasteiger partial charge in [0.15, 0.2) is 0 Å². The summed E-state index contributed by atoms with van der Waals surface area (Å²) in [5.74, 6) is -0.641. The molecule has 32 heavy (non-hydrogen) atoms. The molecule has 0 fully saturated rings. The number of thiol groups is 1. The van der Waals surface area contributed by atoms with E-state index in [0.29, 0.717) is 0 Å². The number of phosphoric acid groups is 4. The molecule has 4 atom stereocenters. The third-order valence-electron chi connectivity index (χ3n) is 3.02. The van der Waals surface area contributed by atoms with Crippen LogP contribution in [0.25, 0.3) is 0 Å². The van der Waals surface area contributed by atoms with E-state index in [2.05, 4.69) is 44.3 Å². The lowest BCUT2D eigenvalue weighted by Gasteiger charge is -2.31. The Morgan fingerprint density at radius 1 is 0.625 bits per heavy atom. The Balaban J connectivity index is 4.15. The summed E-state index contributed by atoms with van der Waals surface area (Å²) in [4.78, 5) is 55.1. The fraction of sp³-hybridized carbons (Fsp3) is 1.00. The van der Waals surface area contributed by atoms with Gasteiger partial charge in [-0.1, -0.05) is 6.92 Å². The average Bonchev–Trinajstić information content (AvgIpc) is 2.66. The largest absolute Gasteiger partial charge is 0.790 e. The third-order valence-corrected chi connectivity index (χ3v) is 6.63. The number of hydrogen-bond donors (Lipinski definition) is 1. The lowest BCUT2D eigenvalue weighted by Crippen LogP contribution is -2.23. The van der Waals surface area contributed by atoms with Crippen LogP contribution >= 0.6 is 43.9 Å². The van der Waals surface area contributed by atoms with E-state index < -0.39 is 76.8 Å². The minimum Gasteiger partial charge on any atom is -0.790 e. The second kappa shape index (κ2) is 15.7. The van der Waals surface area contributed by atoms with Crippen molar-refractivity contribution in [2.24, 2.45) is 5.92 Å². The lowest BCUT2D eigenvalue weighted by atomic mass is 10.1. The van der Waals surface area contributed by atoms with Crippen LogP contribution in [0.5, 0.6) is 0 Å². The normalized spacial score (nSPS) is 19.1. The van der Waals surface area contributed by atoms with Gasteiger partial charge in [-0.25, -0.2) is 0 Å². The molecular formula is C11H23O16P4S-5. The first kappa shape index (κ1) is 32.8. The van der Waals surface area contributed by atoms with Gasteiger partial charge in [-0.15, -0.1) is 0 Å². The second-order valence-electron chi connectivity index (χ2n) is 5.54. The Morgan fingerprint density at radius 2 is 0.969 bits per heavy atom. The van der Waals surface area contributed by atoms with Crippen LogP contribution in [-0.4, -0.2) is 52.0 Å². The highest BCUT2D eigenvalue weighted by Gasteiger charge is 2.16. The summed E-state index contributed by atoms with van der Waals surface area (Å²) in [5, 5.41) is 0. The van der Waals surface area contributed by atoms with Crippen LogP contribution in [0.4, 0.5) is 0 Å². The molecule has 0 aromatic heterocycles. The molecule has 0 radical (unpaired) electrons. The van der Waals surface area contributed by atoms with Gasteiger partial charge in [0.05, 0.1) is 54.1 Å². The first-order valence-corrected chi connectivity index (χ1v) is 15.2. The van der Waals surface area contributed by atoms with Gasteiger partial charge in [-0.3, -0.25) is 13.7 Å². The van der Waals surface area contributed by atoms with Crippen molar-refractivity contribution in [2.45, 2.75) is 13.3 Å². The van der Waals surface area contributed by atoms with E-state index in [4.69, 9.17) is 0 Å². The number of hydrogen-bond acceptors (Lipinski definition) is 17. The van der Waals surface area contributed by atoms with Crippen LogP contribution < -0.4 is 24.5 Å². The fourth-order valence-electron chi connectivity index (χ4n) is 1.54. The quantitative estimate of drug-likeness (QED) is 0.0977. The smallest absolute Gasteiger partial charge is 0.268 e. The molecule has 0 heterocycles. The predicted molar refractivity (Wildman–Crippen MR) is 99.7 cm³/mol. The highest BCUT2D eigenvalue weighted by atomic mass is 32.1. The van der Waals surface area contributed by atoms with Crippen LogP contribution in [-0.2, 0) is 49.9 Å². The van der Waals surface area contributed by atoms with Crippen molar-refractivity contribution in [3.8, 4) is 0 Å². The predicted octanol–water partition coefficient (Wildman–Crippen LogP) is -1.71. The average molecular weight is 567 g/mol. The fourth-order valence-corrected chi connectivity index (χ4v) is 4.29. The summed E-state index contributed by atoms with van der Waals surface area (Å²) in [6.07, 6.45) is 0.215. The molecule has 0 bridgehead atoms. The van der Waals surface area contributed by atoms with Crippen molar-refractivity contribution >= 4 is 43.9 Å². The van der Waals surface area contributed by atoms with Crippen molar-refractivity contribution in [1.29, 1.82) is 0 Å². The first-order valence-electron chi connectivity index (χ1n) is 8.69. The Kier molecular flexibility index (Phi) is 16.1. The van der Waals surface area contributed by atoms with Gasteiger partial charge in [0, 0.05) is 11.7 Å². The van der Waals surface area contributed by atoms with E-state index in [1.54, 1.807) is 6.92 Å². The van der Waals surface area contributed by atoms with E-state index >= 15 is 0 Å². The standard InChI is InChI=1S/C11H28O16P4S/c1-2-11(9-26-28(12,13)14)10-27-31(19,20)24-6-5-22-29(15,16)21-3-4-23-30(17,18)25-7-8-32/h11,32H,2-10H2,1H3,(H,15,16)(H,17,18)(H,19,20)(H2,12,13,14)/p-5. The maximum absolute atomic E-state index is 11.6. The van der Waals surface area contributed by atoms with Gasteiger partial charge in [0.1, 0.15) is 0 Å². The van der Waals surface area contributed by atoms with Crippen LogP contribution in [0.3, 0.4) is 0 Å². The summed E-state index contributed by atoms with van der Waals surface area (Å²) in [6.45, 7) is -2.83.